The van der Waals surface area contributed by atoms with Gasteiger partial charge in [-0.3, -0.25) is 9.36 Å². The minimum Gasteiger partial charge on any atom is -0.496 e. The predicted molar refractivity (Wildman–Crippen MR) is 150 cm³/mol. The first-order chi connectivity index (χ1) is 18.9. The molecule has 0 amide bonds. The zero-order valence-electron chi connectivity index (χ0n) is 22.9. The standard InChI is InChI=1S/C29H34N4O5S/c1-5-9-21-25(28(35)37-6-2)26(20-10-7-8-11-22(20)36-4)33-27(34)23(39-29(33)30-21)18-19-12-13-24(38-19)32-16-14-31(3)15-17-32/h7-8,10-13,18,26H,5-6,9,14-17H2,1-4H3/p+1/b23-18+/t26-/m1/s1. The maximum atomic E-state index is 13.9. The number of hydrogen-bond acceptors (Lipinski definition) is 8. The molecule has 5 rings (SSSR count). The van der Waals surface area contributed by atoms with Crippen LogP contribution in [0, 0.1) is 0 Å². The second-order valence-corrected chi connectivity index (χ2v) is 10.8. The van der Waals surface area contributed by atoms with Crippen LogP contribution in [0.15, 0.2) is 61.9 Å². The first kappa shape index (κ1) is 27.0. The summed E-state index contributed by atoms with van der Waals surface area (Å²) in [6, 6.07) is 10.6. The molecule has 10 heteroatoms. The molecule has 0 aliphatic carbocycles. The van der Waals surface area contributed by atoms with Crippen LogP contribution in [0.25, 0.3) is 6.08 Å². The number of nitrogens with zero attached hydrogens (tertiary/aromatic N) is 3. The number of nitrogens with one attached hydrogen (secondary N) is 1. The fraction of sp³-hybridized carbons (Fsp3) is 0.414. The molecule has 4 heterocycles. The van der Waals surface area contributed by atoms with Crippen molar-refractivity contribution in [3.8, 4) is 5.75 Å². The number of furan rings is 1. The number of rotatable bonds is 8. The molecular formula is C29H35N4O5S+. The van der Waals surface area contributed by atoms with Crippen LogP contribution in [0.1, 0.15) is 44.1 Å². The summed E-state index contributed by atoms with van der Waals surface area (Å²) < 4.78 is 19.3. The fourth-order valence-corrected chi connectivity index (χ4v) is 6.14. The number of fused-ring (bicyclic) bond motifs is 1. The lowest BCUT2D eigenvalue weighted by Gasteiger charge is -2.29. The van der Waals surface area contributed by atoms with Gasteiger partial charge in [0.1, 0.15) is 17.6 Å². The Morgan fingerprint density at radius 1 is 1.21 bits per heavy atom. The van der Waals surface area contributed by atoms with Crippen LogP contribution < -0.4 is 29.4 Å². The van der Waals surface area contributed by atoms with E-state index < -0.39 is 12.0 Å². The number of carbonyl (C=O) groups is 1. The van der Waals surface area contributed by atoms with Crippen LogP contribution in [-0.4, -0.2) is 57.5 Å². The summed E-state index contributed by atoms with van der Waals surface area (Å²) in [6.07, 6.45) is 3.14. The molecule has 2 aliphatic rings. The molecule has 39 heavy (non-hydrogen) atoms. The quantitative estimate of drug-likeness (QED) is 0.427. The molecule has 1 fully saturated rings. The van der Waals surface area contributed by atoms with E-state index in [-0.39, 0.29) is 12.2 Å². The highest BCUT2D eigenvalue weighted by atomic mass is 32.1. The summed E-state index contributed by atoms with van der Waals surface area (Å²) in [6.45, 7) is 8.00. The Bertz CT molecular complexity index is 1560. The number of likely N-dealkylation sites (N-methyl/N-ethyl adjacent to an activating group) is 1. The molecule has 206 valence electrons. The number of quaternary nitrogens is 1. The van der Waals surface area contributed by atoms with Gasteiger partial charge in [-0.25, -0.2) is 9.79 Å². The summed E-state index contributed by atoms with van der Waals surface area (Å²) in [5, 5.41) is 0. The number of aromatic nitrogens is 1. The Kier molecular flexibility index (Phi) is 8.04. The normalized spacial score (nSPS) is 18.2. The van der Waals surface area contributed by atoms with Crippen LogP contribution >= 0.6 is 11.3 Å². The highest BCUT2D eigenvalue weighted by Gasteiger charge is 2.35. The number of carbonyl (C=O) groups excluding carboxylic acids is 1. The van der Waals surface area contributed by atoms with Crippen molar-refractivity contribution in [2.24, 2.45) is 4.99 Å². The first-order valence-corrected chi connectivity index (χ1v) is 14.3. The maximum Gasteiger partial charge on any atom is 0.338 e. The molecule has 0 spiro atoms. The number of ether oxygens (including phenoxy) is 2. The van der Waals surface area contributed by atoms with E-state index in [0.29, 0.717) is 44.1 Å². The molecule has 2 aliphatic heterocycles. The average Bonchev–Trinajstić information content (AvgIpc) is 3.53. The van der Waals surface area contributed by atoms with Gasteiger partial charge in [0, 0.05) is 17.7 Å². The van der Waals surface area contributed by atoms with Crippen molar-refractivity contribution in [3.63, 3.8) is 0 Å². The van der Waals surface area contributed by atoms with Crippen LogP contribution in [0.2, 0.25) is 0 Å². The van der Waals surface area contributed by atoms with Crippen LogP contribution in [0.5, 0.6) is 5.75 Å². The Morgan fingerprint density at radius 2 is 1.97 bits per heavy atom. The monoisotopic (exact) mass is 551 g/mol. The molecule has 2 aromatic heterocycles. The third-order valence-corrected chi connectivity index (χ3v) is 8.12. The Hall–Kier alpha value is -3.63. The molecule has 1 aromatic carbocycles. The van der Waals surface area contributed by atoms with Crippen molar-refractivity contribution in [2.75, 3.05) is 51.8 Å². The maximum absolute atomic E-state index is 13.9. The second-order valence-electron chi connectivity index (χ2n) is 9.78. The second kappa shape index (κ2) is 11.6. The van der Waals surface area contributed by atoms with E-state index in [0.717, 1.165) is 38.5 Å². The van der Waals surface area contributed by atoms with E-state index >= 15 is 0 Å². The lowest BCUT2D eigenvalue weighted by molar-refractivity contribution is -0.880. The number of benzene rings is 1. The van der Waals surface area contributed by atoms with Crippen molar-refractivity contribution >= 4 is 29.3 Å². The molecule has 0 bridgehead atoms. The highest BCUT2D eigenvalue weighted by molar-refractivity contribution is 7.07. The van der Waals surface area contributed by atoms with Gasteiger partial charge in [-0.2, -0.15) is 0 Å². The predicted octanol–water partition coefficient (Wildman–Crippen LogP) is 1.51. The zero-order valence-corrected chi connectivity index (χ0v) is 23.7. The van der Waals surface area contributed by atoms with Crippen molar-refractivity contribution < 1.29 is 23.6 Å². The minimum absolute atomic E-state index is 0.222. The van der Waals surface area contributed by atoms with Gasteiger partial charge in [0.25, 0.3) is 5.56 Å². The zero-order chi connectivity index (χ0) is 27.5. The van der Waals surface area contributed by atoms with Crippen molar-refractivity contribution in [1.82, 2.24) is 4.57 Å². The summed E-state index contributed by atoms with van der Waals surface area (Å²) in [5.74, 6) is 1.53. The lowest BCUT2D eigenvalue weighted by Crippen LogP contribution is -3.12. The van der Waals surface area contributed by atoms with Crippen molar-refractivity contribution in [1.29, 1.82) is 0 Å². The molecule has 9 nitrogen and oxygen atoms in total. The molecule has 1 saturated heterocycles. The number of hydrogen-bond donors (Lipinski definition) is 1. The molecular weight excluding hydrogens is 516 g/mol. The van der Waals surface area contributed by atoms with Gasteiger partial charge < -0.3 is 23.7 Å². The number of thiazole rings is 1. The average molecular weight is 552 g/mol. The Morgan fingerprint density at radius 3 is 2.69 bits per heavy atom. The molecule has 1 atom stereocenters. The van der Waals surface area contributed by atoms with Gasteiger partial charge in [0.15, 0.2) is 10.7 Å². The molecule has 0 unspecified atom stereocenters. The van der Waals surface area contributed by atoms with E-state index in [2.05, 4.69) is 11.9 Å². The van der Waals surface area contributed by atoms with E-state index in [1.54, 1.807) is 24.7 Å². The van der Waals surface area contributed by atoms with Gasteiger partial charge >= 0.3 is 5.97 Å². The Labute approximate surface area is 231 Å². The number of anilines is 1. The summed E-state index contributed by atoms with van der Waals surface area (Å²) >= 11 is 1.29. The molecule has 0 saturated carbocycles. The molecule has 1 N–H and O–H groups in total. The number of piperazine rings is 1. The molecule has 0 radical (unpaired) electrons. The number of methoxy groups -OCH3 is 1. The number of allylic oxidation sites excluding steroid dienone is 1. The summed E-state index contributed by atoms with van der Waals surface area (Å²) in [4.78, 5) is 36.4. The van der Waals surface area contributed by atoms with Gasteiger partial charge in [-0.05, 0) is 25.5 Å². The van der Waals surface area contributed by atoms with Crippen LogP contribution in [0.4, 0.5) is 5.88 Å². The Balaban J connectivity index is 1.64. The van der Waals surface area contributed by atoms with Crippen LogP contribution in [0.3, 0.4) is 0 Å². The molecule has 3 aromatic rings. The SMILES string of the molecule is CCCC1=C(C(=O)OCC)[C@@H](c2ccccc2OC)n2c(s/c(=C/c3ccc(N4CC[NH+](C)CC4)o3)c2=O)=N1. The minimum atomic E-state index is -0.722. The van der Waals surface area contributed by atoms with E-state index in [1.165, 1.54) is 16.2 Å². The fourth-order valence-electron chi connectivity index (χ4n) is 5.14. The van der Waals surface area contributed by atoms with Gasteiger partial charge in [0.05, 0.1) is 62.7 Å². The summed E-state index contributed by atoms with van der Waals surface area (Å²) in [7, 11) is 3.78. The van der Waals surface area contributed by atoms with Crippen molar-refractivity contribution in [3.05, 3.63) is 78.7 Å². The van der Waals surface area contributed by atoms with Gasteiger partial charge in [-0.1, -0.05) is 42.9 Å². The van der Waals surface area contributed by atoms with Gasteiger partial charge in [-0.15, -0.1) is 0 Å². The third-order valence-electron chi connectivity index (χ3n) is 7.14. The smallest absolute Gasteiger partial charge is 0.338 e. The highest BCUT2D eigenvalue weighted by Crippen LogP contribution is 2.36. The summed E-state index contributed by atoms with van der Waals surface area (Å²) in [5.41, 5.74) is 1.47. The number of esters is 1. The topological polar surface area (TPSA) is 90.7 Å². The lowest BCUT2D eigenvalue weighted by atomic mass is 9.93. The largest absolute Gasteiger partial charge is 0.496 e. The van der Waals surface area contributed by atoms with Crippen molar-refractivity contribution in [2.45, 2.75) is 32.7 Å². The van der Waals surface area contributed by atoms with E-state index in [4.69, 9.17) is 18.9 Å². The van der Waals surface area contributed by atoms with Crippen LogP contribution in [-0.2, 0) is 9.53 Å². The van der Waals surface area contributed by atoms with Gasteiger partial charge in [0.2, 0.25) is 0 Å². The third kappa shape index (κ3) is 5.31. The van der Waals surface area contributed by atoms with E-state index in [9.17, 15) is 9.59 Å². The number of para-hydroxylation sites is 1. The first-order valence-electron chi connectivity index (χ1n) is 13.5. The van der Waals surface area contributed by atoms with E-state index in [1.807, 2.05) is 43.3 Å².